The molecule has 1 aliphatic rings. The lowest BCUT2D eigenvalue weighted by Gasteiger charge is -2.32. The lowest BCUT2D eigenvalue weighted by Crippen LogP contribution is -2.45. The molecular weight excluding hydrogens is 290 g/mol. The molecule has 0 saturated carbocycles. The molecule has 0 aromatic rings. The number of carbonyl (C=O) groups excluding carboxylic acids is 2. The van der Waals surface area contributed by atoms with Gasteiger partial charge < -0.3 is 15.5 Å². The van der Waals surface area contributed by atoms with Crippen molar-refractivity contribution in [2.75, 3.05) is 32.7 Å². The molecule has 0 atom stereocenters. The van der Waals surface area contributed by atoms with Crippen molar-refractivity contribution >= 4 is 24.2 Å². The zero-order valence-electron chi connectivity index (χ0n) is 13.5. The van der Waals surface area contributed by atoms with Crippen LogP contribution in [0.5, 0.6) is 0 Å². The number of hydrogen-bond donors (Lipinski definition) is 2. The molecule has 1 rings (SSSR count). The van der Waals surface area contributed by atoms with Gasteiger partial charge in [0, 0.05) is 38.0 Å². The quantitative estimate of drug-likeness (QED) is 0.698. The molecule has 0 spiro atoms. The lowest BCUT2D eigenvalue weighted by molar-refractivity contribution is -0.138. The molecule has 0 radical (unpaired) electrons. The highest BCUT2D eigenvalue weighted by atomic mass is 35.5. The van der Waals surface area contributed by atoms with E-state index < -0.39 is 0 Å². The SMILES string of the molecule is CCCNCCNC(=O)C1CCN(C(=O)C(C)C)CC1.Cl. The maximum absolute atomic E-state index is 12.0. The Hall–Kier alpha value is -0.810. The summed E-state index contributed by atoms with van der Waals surface area (Å²) in [6.07, 6.45) is 2.68. The van der Waals surface area contributed by atoms with E-state index in [1.807, 2.05) is 18.7 Å². The van der Waals surface area contributed by atoms with Crippen LogP contribution in [0.25, 0.3) is 0 Å². The van der Waals surface area contributed by atoms with E-state index in [9.17, 15) is 9.59 Å². The minimum atomic E-state index is 0. The van der Waals surface area contributed by atoms with E-state index in [0.717, 1.165) is 32.4 Å². The first-order valence-electron chi connectivity index (χ1n) is 7.83. The van der Waals surface area contributed by atoms with Crippen LogP contribution < -0.4 is 10.6 Å². The fraction of sp³-hybridized carbons (Fsp3) is 0.867. The average molecular weight is 320 g/mol. The first-order valence-corrected chi connectivity index (χ1v) is 7.83. The van der Waals surface area contributed by atoms with E-state index in [1.165, 1.54) is 0 Å². The van der Waals surface area contributed by atoms with Gasteiger partial charge in [0.25, 0.3) is 0 Å². The zero-order chi connectivity index (χ0) is 15.0. The maximum Gasteiger partial charge on any atom is 0.225 e. The highest BCUT2D eigenvalue weighted by Crippen LogP contribution is 2.18. The van der Waals surface area contributed by atoms with E-state index in [1.54, 1.807) is 0 Å². The highest BCUT2D eigenvalue weighted by Gasteiger charge is 2.27. The molecule has 1 heterocycles. The third kappa shape index (κ3) is 7.14. The number of amides is 2. The minimum Gasteiger partial charge on any atom is -0.355 e. The summed E-state index contributed by atoms with van der Waals surface area (Å²) < 4.78 is 0. The number of carbonyl (C=O) groups is 2. The molecule has 6 heteroatoms. The van der Waals surface area contributed by atoms with Gasteiger partial charge in [-0.3, -0.25) is 9.59 Å². The Balaban J connectivity index is 0.00000400. The van der Waals surface area contributed by atoms with Gasteiger partial charge in [-0.25, -0.2) is 0 Å². The predicted octanol–water partition coefficient (Wildman–Crippen LogP) is 1.42. The molecule has 0 aliphatic carbocycles. The molecule has 0 aromatic carbocycles. The van der Waals surface area contributed by atoms with Gasteiger partial charge in [0.05, 0.1) is 0 Å². The number of rotatable bonds is 7. The number of nitrogens with one attached hydrogen (secondary N) is 2. The van der Waals surface area contributed by atoms with Crippen LogP contribution in [0.15, 0.2) is 0 Å². The first kappa shape index (κ1) is 20.2. The normalized spacial score (nSPS) is 15.7. The lowest BCUT2D eigenvalue weighted by atomic mass is 9.95. The molecule has 0 bridgehead atoms. The molecule has 1 fully saturated rings. The Morgan fingerprint density at radius 2 is 1.76 bits per heavy atom. The summed E-state index contributed by atoms with van der Waals surface area (Å²) in [4.78, 5) is 25.7. The van der Waals surface area contributed by atoms with Crippen molar-refractivity contribution in [1.29, 1.82) is 0 Å². The van der Waals surface area contributed by atoms with Gasteiger partial charge in [0.15, 0.2) is 0 Å². The maximum atomic E-state index is 12.0. The van der Waals surface area contributed by atoms with Crippen molar-refractivity contribution in [2.24, 2.45) is 11.8 Å². The first-order chi connectivity index (χ1) is 9.56. The van der Waals surface area contributed by atoms with Gasteiger partial charge in [-0.15, -0.1) is 12.4 Å². The van der Waals surface area contributed by atoms with E-state index in [0.29, 0.717) is 19.6 Å². The number of likely N-dealkylation sites (tertiary alicyclic amines) is 1. The second kappa shape index (κ2) is 10.9. The molecule has 2 amide bonds. The van der Waals surface area contributed by atoms with Gasteiger partial charge in [-0.1, -0.05) is 20.8 Å². The second-order valence-corrected chi connectivity index (χ2v) is 5.80. The van der Waals surface area contributed by atoms with Crippen molar-refractivity contribution < 1.29 is 9.59 Å². The van der Waals surface area contributed by atoms with Gasteiger partial charge >= 0.3 is 0 Å². The third-order valence-electron chi connectivity index (χ3n) is 3.70. The number of nitrogens with zero attached hydrogens (tertiary/aromatic N) is 1. The van der Waals surface area contributed by atoms with Crippen LogP contribution in [-0.4, -0.2) is 49.4 Å². The standard InChI is InChI=1S/C15H29N3O2.ClH/c1-4-7-16-8-9-17-14(19)13-5-10-18(11-6-13)15(20)12(2)3;/h12-13,16H,4-11H2,1-3H3,(H,17,19);1H. The van der Waals surface area contributed by atoms with E-state index >= 15 is 0 Å². The predicted molar refractivity (Wildman–Crippen MR) is 87.6 cm³/mol. The molecular formula is C15H30ClN3O2. The van der Waals surface area contributed by atoms with E-state index in [2.05, 4.69) is 17.6 Å². The molecule has 1 saturated heterocycles. The van der Waals surface area contributed by atoms with E-state index in [-0.39, 0.29) is 36.1 Å². The Morgan fingerprint density at radius 1 is 1.14 bits per heavy atom. The number of halogens is 1. The summed E-state index contributed by atoms with van der Waals surface area (Å²) in [5.41, 5.74) is 0. The minimum absolute atomic E-state index is 0. The summed E-state index contributed by atoms with van der Waals surface area (Å²) in [6, 6.07) is 0. The third-order valence-corrected chi connectivity index (χ3v) is 3.70. The smallest absolute Gasteiger partial charge is 0.225 e. The summed E-state index contributed by atoms with van der Waals surface area (Å²) in [5, 5.41) is 6.23. The zero-order valence-corrected chi connectivity index (χ0v) is 14.3. The summed E-state index contributed by atoms with van der Waals surface area (Å²) >= 11 is 0. The van der Waals surface area contributed by atoms with Crippen LogP contribution in [0.2, 0.25) is 0 Å². The molecule has 0 unspecified atom stereocenters. The van der Waals surface area contributed by atoms with Crippen molar-refractivity contribution in [3.05, 3.63) is 0 Å². The monoisotopic (exact) mass is 319 g/mol. The molecule has 5 nitrogen and oxygen atoms in total. The van der Waals surface area contributed by atoms with Crippen LogP contribution in [-0.2, 0) is 9.59 Å². The fourth-order valence-electron chi connectivity index (χ4n) is 2.45. The Kier molecular flexibility index (Phi) is 10.4. The topological polar surface area (TPSA) is 61.4 Å². The van der Waals surface area contributed by atoms with Crippen LogP contribution in [0.1, 0.15) is 40.0 Å². The summed E-state index contributed by atoms with van der Waals surface area (Å²) in [5.74, 6) is 0.454. The molecule has 2 N–H and O–H groups in total. The molecule has 21 heavy (non-hydrogen) atoms. The summed E-state index contributed by atoms with van der Waals surface area (Å²) in [6.45, 7) is 9.89. The van der Waals surface area contributed by atoms with Crippen molar-refractivity contribution in [3.8, 4) is 0 Å². The summed E-state index contributed by atoms with van der Waals surface area (Å²) in [7, 11) is 0. The van der Waals surface area contributed by atoms with Crippen molar-refractivity contribution in [1.82, 2.24) is 15.5 Å². The Bertz CT molecular complexity index is 316. The molecule has 1 aliphatic heterocycles. The molecule has 0 aromatic heterocycles. The van der Waals surface area contributed by atoms with Crippen LogP contribution in [0.4, 0.5) is 0 Å². The Labute approximate surface area is 134 Å². The van der Waals surface area contributed by atoms with E-state index in [4.69, 9.17) is 0 Å². The van der Waals surface area contributed by atoms with Crippen molar-refractivity contribution in [3.63, 3.8) is 0 Å². The van der Waals surface area contributed by atoms with Crippen LogP contribution >= 0.6 is 12.4 Å². The molecule has 124 valence electrons. The number of piperidine rings is 1. The second-order valence-electron chi connectivity index (χ2n) is 5.80. The van der Waals surface area contributed by atoms with Gasteiger partial charge in [-0.2, -0.15) is 0 Å². The van der Waals surface area contributed by atoms with Gasteiger partial charge in [0.1, 0.15) is 0 Å². The Morgan fingerprint density at radius 3 is 2.29 bits per heavy atom. The van der Waals surface area contributed by atoms with Gasteiger partial charge in [-0.05, 0) is 25.8 Å². The van der Waals surface area contributed by atoms with Gasteiger partial charge in [0.2, 0.25) is 11.8 Å². The largest absolute Gasteiger partial charge is 0.355 e. The number of hydrogen-bond acceptors (Lipinski definition) is 3. The van der Waals surface area contributed by atoms with Crippen LogP contribution in [0.3, 0.4) is 0 Å². The van der Waals surface area contributed by atoms with Crippen molar-refractivity contribution in [2.45, 2.75) is 40.0 Å². The fourth-order valence-corrected chi connectivity index (χ4v) is 2.45. The average Bonchev–Trinajstić information content (AvgIpc) is 2.46. The highest BCUT2D eigenvalue weighted by molar-refractivity contribution is 5.85. The van der Waals surface area contributed by atoms with Crippen LogP contribution in [0, 0.1) is 11.8 Å².